The van der Waals surface area contributed by atoms with Crippen molar-refractivity contribution in [3.63, 3.8) is 0 Å². The molecule has 0 bridgehead atoms. The molecule has 0 saturated carbocycles. The summed E-state index contributed by atoms with van der Waals surface area (Å²) in [6, 6.07) is 10.7. The van der Waals surface area contributed by atoms with Gasteiger partial charge in [-0.1, -0.05) is 12.1 Å². The molecule has 3 rings (SSSR count). The van der Waals surface area contributed by atoms with Gasteiger partial charge in [-0.2, -0.15) is 0 Å². The average Bonchev–Trinajstić information content (AvgIpc) is 2.62. The molecule has 0 aromatic heterocycles. The Morgan fingerprint density at radius 2 is 1.88 bits per heavy atom. The molecule has 5 nitrogen and oxygen atoms in total. The highest BCUT2D eigenvalue weighted by Crippen LogP contribution is 2.25. The molecule has 1 aliphatic heterocycles. The van der Waals surface area contributed by atoms with Crippen molar-refractivity contribution in [2.24, 2.45) is 0 Å². The largest absolute Gasteiger partial charge is 0.508 e. The lowest BCUT2D eigenvalue weighted by atomic mass is 10.1. The molecule has 0 unspecified atom stereocenters. The first-order valence-electron chi connectivity index (χ1n) is 8.92. The van der Waals surface area contributed by atoms with E-state index in [1.54, 1.807) is 18.2 Å². The molecule has 1 saturated heterocycles. The Balaban J connectivity index is 1.66. The quantitative estimate of drug-likeness (QED) is 0.880. The van der Waals surface area contributed by atoms with E-state index in [1.807, 2.05) is 36.9 Å². The minimum absolute atomic E-state index is 0.168. The van der Waals surface area contributed by atoms with Gasteiger partial charge in [0.15, 0.2) is 0 Å². The standard InChI is InChI=1S/C21H24N2O3/c1-14-11-18(12-19(24)15(14)2)22-21(26)17-8-6-16(7-9-17)13-23-10-4-3-5-20(23)25/h6-9,11-12,24H,3-5,10,13H2,1-2H3,(H,22,26). The van der Waals surface area contributed by atoms with E-state index >= 15 is 0 Å². The van der Waals surface area contributed by atoms with Gasteiger partial charge in [0, 0.05) is 36.8 Å². The number of amides is 2. The van der Waals surface area contributed by atoms with Gasteiger partial charge in [-0.3, -0.25) is 9.59 Å². The van der Waals surface area contributed by atoms with Gasteiger partial charge in [0.05, 0.1) is 0 Å². The Morgan fingerprint density at radius 1 is 1.15 bits per heavy atom. The van der Waals surface area contributed by atoms with Crippen LogP contribution < -0.4 is 5.32 Å². The van der Waals surface area contributed by atoms with Crippen LogP contribution in [0.15, 0.2) is 36.4 Å². The third kappa shape index (κ3) is 4.04. The van der Waals surface area contributed by atoms with Crippen LogP contribution in [0.3, 0.4) is 0 Å². The van der Waals surface area contributed by atoms with E-state index in [-0.39, 0.29) is 17.6 Å². The maximum atomic E-state index is 12.4. The van der Waals surface area contributed by atoms with Crippen molar-refractivity contribution in [2.75, 3.05) is 11.9 Å². The van der Waals surface area contributed by atoms with Crippen LogP contribution in [-0.4, -0.2) is 28.4 Å². The predicted octanol–water partition coefficient (Wildman–Crippen LogP) is 3.77. The van der Waals surface area contributed by atoms with Crippen LogP contribution in [0.4, 0.5) is 5.69 Å². The Hall–Kier alpha value is -2.82. The van der Waals surface area contributed by atoms with Crippen LogP contribution in [0.1, 0.15) is 46.3 Å². The van der Waals surface area contributed by atoms with E-state index in [2.05, 4.69) is 5.32 Å². The number of aromatic hydroxyl groups is 1. The smallest absolute Gasteiger partial charge is 0.255 e. The third-order valence-electron chi connectivity index (χ3n) is 4.91. The summed E-state index contributed by atoms with van der Waals surface area (Å²) in [6.07, 6.45) is 2.65. The third-order valence-corrected chi connectivity index (χ3v) is 4.91. The molecule has 136 valence electrons. The topological polar surface area (TPSA) is 69.6 Å². The number of piperidine rings is 1. The highest BCUT2D eigenvalue weighted by molar-refractivity contribution is 6.04. The molecule has 26 heavy (non-hydrogen) atoms. The number of likely N-dealkylation sites (tertiary alicyclic amines) is 1. The molecular weight excluding hydrogens is 328 g/mol. The number of aryl methyl sites for hydroxylation is 1. The lowest BCUT2D eigenvalue weighted by molar-refractivity contribution is -0.133. The number of carbonyl (C=O) groups is 2. The summed E-state index contributed by atoms with van der Waals surface area (Å²) in [6.45, 7) is 5.12. The number of rotatable bonds is 4. The van der Waals surface area contributed by atoms with Crippen LogP contribution in [0.2, 0.25) is 0 Å². The second-order valence-electron chi connectivity index (χ2n) is 6.86. The second kappa shape index (κ2) is 7.60. The summed E-state index contributed by atoms with van der Waals surface area (Å²) < 4.78 is 0. The van der Waals surface area contributed by atoms with Crippen molar-refractivity contribution in [3.05, 3.63) is 58.7 Å². The molecule has 0 aliphatic carbocycles. The number of nitrogens with zero attached hydrogens (tertiary/aromatic N) is 1. The SMILES string of the molecule is Cc1cc(NC(=O)c2ccc(CN3CCCCC3=O)cc2)cc(O)c1C. The fourth-order valence-electron chi connectivity index (χ4n) is 3.13. The molecule has 2 aromatic carbocycles. The number of nitrogens with one attached hydrogen (secondary N) is 1. The van der Waals surface area contributed by atoms with Crippen molar-refractivity contribution in [2.45, 2.75) is 39.7 Å². The highest BCUT2D eigenvalue weighted by Gasteiger charge is 2.18. The van der Waals surface area contributed by atoms with Crippen molar-refractivity contribution in [3.8, 4) is 5.75 Å². The van der Waals surface area contributed by atoms with E-state index in [4.69, 9.17) is 0 Å². The first kappa shape index (κ1) is 18.0. The van der Waals surface area contributed by atoms with E-state index in [0.29, 0.717) is 24.2 Å². The second-order valence-corrected chi connectivity index (χ2v) is 6.86. The minimum atomic E-state index is -0.228. The number of benzene rings is 2. The highest BCUT2D eigenvalue weighted by atomic mass is 16.3. The van der Waals surface area contributed by atoms with E-state index in [0.717, 1.165) is 36.1 Å². The minimum Gasteiger partial charge on any atom is -0.508 e. The molecular formula is C21H24N2O3. The number of carbonyl (C=O) groups excluding carboxylic acids is 2. The summed E-state index contributed by atoms with van der Waals surface area (Å²) in [5.41, 5.74) is 3.84. The van der Waals surface area contributed by atoms with Gasteiger partial charge in [0.1, 0.15) is 5.75 Å². The molecule has 5 heteroatoms. The van der Waals surface area contributed by atoms with Crippen LogP contribution in [0, 0.1) is 13.8 Å². The lowest BCUT2D eigenvalue weighted by Crippen LogP contribution is -2.34. The molecule has 0 radical (unpaired) electrons. The number of anilines is 1. The number of hydrogen-bond acceptors (Lipinski definition) is 3. The number of hydrogen-bond donors (Lipinski definition) is 2. The molecule has 1 heterocycles. The molecule has 1 fully saturated rings. The van der Waals surface area contributed by atoms with Gasteiger partial charge in [-0.25, -0.2) is 0 Å². The molecule has 2 amide bonds. The summed E-state index contributed by atoms with van der Waals surface area (Å²) in [5.74, 6) is 0.141. The summed E-state index contributed by atoms with van der Waals surface area (Å²) in [4.78, 5) is 26.2. The summed E-state index contributed by atoms with van der Waals surface area (Å²) in [7, 11) is 0. The average molecular weight is 352 g/mol. The zero-order valence-corrected chi connectivity index (χ0v) is 15.2. The van der Waals surface area contributed by atoms with E-state index < -0.39 is 0 Å². The van der Waals surface area contributed by atoms with Gasteiger partial charge in [0.25, 0.3) is 5.91 Å². The van der Waals surface area contributed by atoms with Crippen LogP contribution >= 0.6 is 0 Å². The van der Waals surface area contributed by atoms with Crippen molar-refractivity contribution < 1.29 is 14.7 Å². The zero-order chi connectivity index (χ0) is 18.7. The lowest BCUT2D eigenvalue weighted by Gasteiger charge is -2.26. The molecule has 2 N–H and O–H groups in total. The fraction of sp³-hybridized carbons (Fsp3) is 0.333. The molecule has 0 atom stereocenters. The van der Waals surface area contributed by atoms with Gasteiger partial charge in [0.2, 0.25) is 5.91 Å². The monoisotopic (exact) mass is 352 g/mol. The molecule has 2 aromatic rings. The maximum Gasteiger partial charge on any atom is 0.255 e. The molecule has 0 spiro atoms. The van der Waals surface area contributed by atoms with Crippen LogP contribution in [0.5, 0.6) is 5.75 Å². The van der Waals surface area contributed by atoms with E-state index in [1.165, 1.54) is 0 Å². The predicted molar refractivity (Wildman–Crippen MR) is 101 cm³/mol. The van der Waals surface area contributed by atoms with E-state index in [9.17, 15) is 14.7 Å². The molecule has 1 aliphatic rings. The number of phenols is 1. The Kier molecular flexibility index (Phi) is 5.26. The maximum absolute atomic E-state index is 12.4. The van der Waals surface area contributed by atoms with Gasteiger partial charge in [-0.15, -0.1) is 0 Å². The van der Waals surface area contributed by atoms with Crippen molar-refractivity contribution in [1.29, 1.82) is 0 Å². The van der Waals surface area contributed by atoms with Crippen LogP contribution in [-0.2, 0) is 11.3 Å². The van der Waals surface area contributed by atoms with Crippen molar-refractivity contribution >= 4 is 17.5 Å². The Labute approximate surface area is 153 Å². The summed E-state index contributed by atoms with van der Waals surface area (Å²) >= 11 is 0. The fourth-order valence-corrected chi connectivity index (χ4v) is 3.13. The number of phenolic OH excluding ortho intramolecular Hbond substituents is 1. The van der Waals surface area contributed by atoms with Crippen LogP contribution in [0.25, 0.3) is 0 Å². The first-order valence-corrected chi connectivity index (χ1v) is 8.92. The van der Waals surface area contributed by atoms with Crippen molar-refractivity contribution in [1.82, 2.24) is 4.90 Å². The van der Waals surface area contributed by atoms with Gasteiger partial charge >= 0.3 is 0 Å². The Bertz CT molecular complexity index is 805. The first-order chi connectivity index (χ1) is 12.4. The van der Waals surface area contributed by atoms with Gasteiger partial charge in [-0.05, 0) is 61.6 Å². The summed E-state index contributed by atoms with van der Waals surface area (Å²) in [5, 5.41) is 12.7. The normalized spacial score (nSPS) is 14.4. The van der Waals surface area contributed by atoms with Gasteiger partial charge < -0.3 is 15.3 Å². The Morgan fingerprint density at radius 3 is 2.54 bits per heavy atom. The zero-order valence-electron chi connectivity index (χ0n) is 15.2.